The zero-order valence-corrected chi connectivity index (χ0v) is 7.17. The molecule has 1 N–H and O–H groups in total. The van der Waals surface area contributed by atoms with Crippen molar-refractivity contribution in [1.29, 1.82) is 0 Å². The van der Waals surface area contributed by atoms with Gasteiger partial charge in [0.25, 0.3) is 5.97 Å². The molecule has 66 valence electrons. The Labute approximate surface area is 67.7 Å². The van der Waals surface area contributed by atoms with Crippen LogP contribution in [-0.2, 0) is 9.53 Å². The zero-order valence-electron chi connectivity index (χ0n) is 7.17. The molecule has 0 heterocycles. The van der Waals surface area contributed by atoms with Gasteiger partial charge in [0.15, 0.2) is 0 Å². The molecule has 0 fully saturated rings. The number of unbranched alkanes of at least 4 members (excludes halogenated alkanes) is 1. The number of aliphatic carboxylic acids is 1. The molecule has 0 amide bonds. The van der Waals surface area contributed by atoms with E-state index in [1.54, 1.807) is 0 Å². The monoisotopic (exact) mass is 160 g/mol. The van der Waals surface area contributed by atoms with Gasteiger partial charge in [-0.1, -0.05) is 19.9 Å². The third-order valence-corrected chi connectivity index (χ3v) is 0.734. The van der Waals surface area contributed by atoms with Crippen LogP contribution in [0.3, 0.4) is 0 Å². The maximum Gasteiger partial charge on any atom is 0.300 e. The SMILES string of the molecule is C=COCCCC.CC(=O)O. The Balaban J connectivity index is 0. The number of carboxylic acids is 1. The largest absolute Gasteiger partial charge is 0.502 e. The van der Waals surface area contributed by atoms with Crippen molar-refractivity contribution in [3.05, 3.63) is 12.8 Å². The first kappa shape index (κ1) is 12.7. The Kier molecular flexibility index (Phi) is 13.5. The lowest BCUT2D eigenvalue weighted by Crippen LogP contribution is -1.83. The van der Waals surface area contributed by atoms with Gasteiger partial charge in [-0.3, -0.25) is 4.79 Å². The van der Waals surface area contributed by atoms with Gasteiger partial charge in [-0.05, 0) is 6.42 Å². The summed E-state index contributed by atoms with van der Waals surface area (Å²) in [5.41, 5.74) is 0. The lowest BCUT2D eigenvalue weighted by atomic mass is 10.4. The first-order chi connectivity index (χ1) is 5.15. The van der Waals surface area contributed by atoms with Crippen LogP contribution in [0.2, 0.25) is 0 Å². The van der Waals surface area contributed by atoms with Gasteiger partial charge in [0.05, 0.1) is 12.9 Å². The van der Waals surface area contributed by atoms with E-state index in [9.17, 15) is 0 Å². The summed E-state index contributed by atoms with van der Waals surface area (Å²) in [4.78, 5) is 9.00. The minimum absolute atomic E-state index is 0.819. The molecule has 0 atom stereocenters. The molecule has 0 aliphatic carbocycles. The van der Waals surface area contributed by atoms with Crippen molar-refractivity contribution < 1.29 is 14.6 Å². The van der Waals surface area contributed by atoms with Gasteiger partial charge >= 0.3 is 0 Å². The molecule has 0 radical (unpaired) electrons. The van der Waals surface area contributed by atoms with Crippen LogP contribution >= 0.6 is 0 Å². The molecule has 3 nitrogen and oxygen atoms in total. The summed E-state index contributed by atoms with van der Waals surface area (Å²) in [5, 5.41) is 7.42. The number of rotatable bonds is 4. The molecule has 3 heteroatoms. The number of hydrogen-bond donors (Lipinski definition) is 1. The Morgan fingerprint density at radius 2 is 2.18 bits per heavy atom. The van der Waals surface area contributed by atoms with Gasteiger partial charge in [-0.2, -0.15) is 0 Å². The van der Waals surface area contributed by atoms with Crippen LogP contribution in [0.1, 0.15) is 26.7 Å². The number of ether oxygens (including phenoxy) is 1. The maximum absolute atomic E-state index is 9.00. The molecule has 0 aromatic heterocycles. The second kappa shape index (κ2) is 11.8. The number of carbonyl (C=O) groups is 1. The summed E-state index contributed by atoms with van der Waals surface area (Å²) in [7, 11) is 0. The van der Waals surface area contributed by atoms with Crippen LogP contribution < -0.4 is 0 Å². The van der Waals surface area contributed by atoms with Gasteiger partial charge in [0.1, 0.15) is 0 Å². The third kappa shape index (κ3) is 48.9. The van der Waals surface area contributed by atoms with Crippen LogP contribution in [0.4, 0.5) is 0 Å². The van der Waals surface area contributed by atoms with Crippen LogP contribution in [-0.4, -0.2) is 17.7 Å². The summed E-state index contributed by atoms with van der Waals surface area (Å²) >= 11 is 0. The quantitative estimate of drug-likeness (QED) is 0.505. The van der Waals surface area contributed by atoms with E-state index < -0.39 is 5.97 Å². The molecule has 0 aromatic rings. The van der Waals surface area contributed by atoms with Crippen LogP contribution in [0, 0.1) is 0 Å². The van der Waals surface area contributed by atoms with Crippen LogP contribution in [0.15, 0.2) is 12.8 Å². The summed E-state index contributed by atoms with van der Waals surface area (Å²) in [6.07, 6.45) is 3.80. The molecule has 0 saturated heterocycles. The Hall–Kier alpha value is -0.990. The molecule has 0 aromatic carbocycles. The second-order valence-corrected chi connectivity index (χ2v) is 1.91. The van der Waals surface area contributed by atoms with E-state index in [1.807, 2.05) is 0 Å². The van der Waals surface area contributed by atoms with E-state index in [0.29, 0.717) is 0 Å². The fourth-order valence-corrected chi connectivity index (χ4v) is 0.311. The molecule has 0 aliphatic rings. The molecular weight excluding hydrogens is 144 g/mol. The van der Waals surface area contributed by atoms with Gasteiger partial charge in [0.2, 0.25) is 0 Å². The fraction of sp³-hybridized carbons (Fsp3) is 0.625. The molecule has 0 rings (SSSR count). The van der Waals surface area contributed by atoms with Crippen molar-refractivity contribution in [3.8, 4) is 0 Å². The average Bonchev–Trinajstić information content (AvgIpc) is 1.88. The molecule has 0 aliphatic heterocycles. The van der Waals surface area contributed by atoms with E-state index in [2.05, 4.69) is 13.5 Å². The second-order valence-electron chi connectivity index (χ2n) is 1.91. The molecular formula is C8H16O3. The van der Waals surface area contributed by atoms with Crippen molar-refractivity contribution in [2.45, 2.75) is 26.7 Å². The van der Waals surface area contributed by atoms with Crippen molar-refractivity contribution in [3.63, 3.8) is 0 Å². The maximum atomic E-state index is 9.00. The highest BCUT2D eigenvalue weighted by molar-refractivity contribution is 5.62. The van der Waals surface area contributed by atoms with Gasteiger partial charge < -0.3 is 9.84 Å². The first-order valence-corrected chi connectivity index (χ1v) is 3.57. The smallest absolute Gasteiger partial charge is 0.300 e. The Morgan fingerprint density at radius 3 is 2.45 bits per heavy atom. The van der Waals surface area contributed by atoms with E-state index in [-0.39, 0.29) is 0 Å². The zero-order chi connectivity index (χ0) is 9.11. The van der Waals surface area contributed by atoms with E-state index in [1.165, 1.54) is 12.7 Å². The Morgan fingerprint density at radius 1 is 1.73 bits per heavy atom. The summed E-state index contributed by atoms with van der Waals surface area (Å²) < 4.78 is 4.84. The summed E-state index contributed by atoms with van der Waals surface area (Å²) in [5.74, 6) is -0.833. The Bertz CT molecular complexity index is 95.5. The highest BCUT2D eigenvalue weighted by Crippen LogP contribution is 1.85. The van der Waals surface area contributed by atoms with Crippen LogP contribution in [0.5, 0.6) is 0 Å². The topological polar surface area (TPSA) is 46.5 Å². The van der Waals surface area contributed by atoms with E-state index in [4.69, 9.17) is 14.6 Å². The molecule has 0 unspecified atom stereocenters. The average molecular weight is 160 g/mol. The van der Waals surface area contributed by atoms with E-state index >= 15 is 0 Å². The normalized spacial score (nSPS) is 7.45. The predicted octanol–water partition coefficient (Wildman–Crippen LogP) is 2.04. The van der Waals surface area contributed by atoms with Gasteiger partial charge in [-0.25, -0.2) is 0 Å². The highest BCUT2D eigenvalue weighted by Gasteiger charge is 1.76. The standard InChI is InChI=1S/C6H12O.C2H4O2/c1-3-5-6-7-4-2;1-2(3)4/h4H,2-3,5-6H2,1H3;1H3,(H,3,4). The number of hydrogen-bond acceptors (Lipinski definition) is 2. The molecule has 0 saturated carbocycles. The fourth-order valence-electron chi connectivity index (χ4n) is 0.311. The lowest BCUT2D eigenvalue weighted by molar-refractivity contribution is -0.134. The molecule has 0 bridgehead atoms. The number of carboxylic acid groups (broad SMARTS) is 1. The van der Waals surface area contributed by atoms with Gasteiger partial charge in [0, 0.05) is 6.92 Å². The van der Waals surface area contributed by atoms with Crippen molar-refractivity contribution in [2.24, 2.45) is 0 Å². The van der Waals surface area contributed by atoms with Gasteiger partial charge in [-0.15, -0.1) is 0 Å². The minimum atomic E-state index is -0.833. The summed E-state index contributed by atoms with van der Waals surface area (Å²) in [6.45, 7) is 7.44. The van der Waals surface area contributed by atoms with Crippen LogP contribution in [0.25, 0.3) is 0 Å². The van der Waals surface area contributed by atoms with Crippen molar-refractivity contribution in [1.82, 2.24) is 0 Å². The molecule has 11 heavy (non-hydrogen) atoms. The first-order valence-electron chi connectivity index (χ1n) is 3.57. The third-order valence-electron chi connectivity index (χ3n) is 0.734. The highest BCUT2D eigenvalue weighted by atomic mass is 16.5. The summed E-state index contributed by atoms with van der Waals surface area (Å²) in [6, 6.07) is 0. The van der Waals surface area contributed by atoms with Crippen molar-refractivity contribution in [2.75, 3.05) is 6.61 Å². The molecule has 0 spiro atoms. The van der Waals surface area contributed by atoms with Crippen molar-refractivity contribution >= 4 is 5.97 Å². The minimum Gasteiger partial charge on any atom is -0.502 e. The predicted molar refractivity (Wildman–Crippen MR) is 44.4 cm³/mol. The lowest BCUT2D eigenvalue weighted by Gasteiger charge is -1.93. The van der Waals surface area contributed by atoms with E-state index in [0.717, 1.165) is 20.0 Å².